The standard InChI is InChI=1S/C13H10FNO2/c1-8-3-10(14)5-12-9(6-16)4-11(7-17)15(2)13(8)12/h3-5,7H,1-2H3. The van der Waals surface area contributed by atoms with Gasteiger partial charge in [0.05, 0.1) is 17.0 Å². The summed E-state index contributed by atoms with van der Waals surface area (Å²) in [6.45, 7) is 1.73. The van der Waals surface area contributed by atoms with E-state index in [0.717, 1.165) is 0 Å². The van der Waals surface area contributed by atoms with Crippen molar-refractivity contribution in [3.63, 3.8) is 0 Å². The number of aryl methyl sites for hydroxylation is 1. The van der Waals surface area contributed by atoms with E-state index in [1.807, 2.05) is 0 Å². The van der Waals surface area contributed by atoms with Gasteiger partial charge in [0, 0.05) is 12.6 Å². The minimum atomic E-state index is -0.412. The molecule has 0 aliphatic carbocycles. The van der Waals surface area contributed by atoms with Crippen LogP contribution in [0.5, 0.6) is 0 Å². The molecule has 1 heterocycles. The van der Waals surface area contributed by atoms with Gasteiger partial charge in [-0.1, -0.05) is 0 Å². The molecule has 1 aliphatic heterocycles. The number of aldehydes is 1. The van der Waals surface area contributed by atoms with Crippen LogP contribution < -0.4 is 4.90 Å². The number of carbonyl (C=O) groups excluding carboxylic acids is 2. The Morgan fingerprint density at radius 1 is 1.41 bits per heavy atom. The maximum Gasteiger partial charge on any atom is 0.166 e. The molecule has 0 unspecified atom stereocenters. The molecule has 4 heteroatoms. The number of likely N-dealkylation sites (N-methyl/N-ethyl adjacent to an activating group) is 1. The zero-order valence-corrected chi connectivity index (χ0v) is 9.45. The molecule has 0 spiro atoms. The van der Waals surface area contributed by atoms with Gasteiger partial charge in [-0.05, 0) is 30.7 Å². The molecule has 0 atom stereocenters. The zero-order chi connectivity index (χ0) is 12.6. The molecule has 1 aromatic carbocycles. The number of rotatable bonds is 1. The fourth-order valence-corrected chi connectivity index (χ4v) is 2.04. The van der Waals surface area contributed by atoms with E-state index in [2.05, 4.69) is 0 Å². The molecule has 2 rings (SSSR count). The maximum absolute atomic E-state index is 13.3. The van der Waals surface area contributed by atoms with Crippen LogP contribution in [0.2, 0.25) is 0 Å². The smallest absolute Gasteiger partial charge is 0.166 e. The van der Waals surface area contributed by atoms with Gasteiger partial charge >= 0.3 is 0 Å². The third-order valence-corrected chi connectivity index (χ3v) is 2.80. The largest absolute Gasteiger partial charge is 0.341 e. The van der Waals surface area contributed by atoms with Gasteiger partial charge in [0.2, 0.25) is 0 Å². The number of fused-ring (bicyclic) bond motifs is 1. The van der Waals surface area contributed by atoms with Crippen LogP contribution >= 0.6 is 0 Å². The van der Waals surface area contributed by atoms with Gasteiger partial charge in [-0.2, -0.15) is 0 Å². The number of hydrogen-bond donors (Lipinski definition) is 0. The first kappa shape index (κ1) is 11.3. The molecule has 0 amide bonds. The predicted molar refractivity (Wildman–Crippen MR) is 62.8 cm³/mol. The van der Waals surface area contributed by atoms with Crippen molar-refractivity contribution in [2.24, 2.45) is 0 Å². The molecule has 0 fully saturated rings. The highest BCUT2D eigenvalue weighted by Gasteiger charge is 2.22. The van der Waals surface area contributed by atoms with Crippen molar-refractivity contribution in [2.75, 3.05) is 11.9 Å². The van der Waals surface area contributed by atoms with E-state index in [0.29, 0.717) is 28.8 Å². The van der Waals surface area contributed by atoms with Gasteiger partial charge in [-0.3, -0.25) is 4.79 Å². The number of allylic oxidation sites excluding steroid dienone is 3. The average molecular weight is 231 g/mol. The lowest BCUT2D eigenvalue weighted by Gasteiger charge is -2.28. The van der Waals surface area contributed by atoms with E-state index in [-0.39, 0.29) is 5.57 Å². The van der Waals surface area contributed by atoms with Crippen molar-refractivity contribution in [3.05, 3.63) is 40.8 Å². The lowest BCUT2D eigenvalue weighted by Crippen LogP contribution is -2.23. The monoisotopic (exact) mass is 231 g/mol. The number of hydrogen-bond acceptors (Lipinski definition) is 3. The fraction of sp³-hybridized carbons (Fsp3) is 0.154. The third-order valence-electron chi connectivity index (χ3n) is 2.80. The Morgan fingerprint density at radius 3 is 2.71 bits per heavy atom. The summed E-state index contributed by atoms with van der Waals surface area (Å²) in [6.07, 6.45) is 2.06. The van der Waals surface area contributed by atoms with Gasteiger partial charge in [-0.15, -0.1) is 0 Å². The van der Waals surface area contributed by atoms with E-state index in [1.54, 1.807) is 24.8 Å². The molecular formula is C13H10FNO2. The summed E-state index contributed by atoms with van der Waals surface area (Å²) < 4.78 is 13.3. The van der Waals surface area contributed by atoms with Crippen LogP contribution in [0.15, 0.2) is 23.9 Å². The molecule has 0 aromatic heterocycles. The van der Waals surface area contributed by atoms with Crippen LogP contribution in [-0.2, 0) is 9.59 Å². The summed E-state index contributed by atoms with van der Waals surface area (Å²) in [7, 11) is 1.70. The number of carbonyl (C=O) groups is 1. The molecule has 86 valence electrons. The fourth-order valence-electron chi connectivity index (χ4n) is 2.04. The normalized spacial score (nSPS) is 13.9. The van der Waals surface area contributed by atoms with Gasteiger partial charge in [-0.25, -0.2) is 9.18 Å². The van der Waals surface area contributed by atoms with Gasteiger partial charge in [0.25, 0.3) is 0 Å². The summed E-state index contributed by atoms with van der Waals surface area (Å²) in [4.78, 5) is 23.4. The SMILES string of the molecule is Cc1cc(F)cc2c1N(C)C(C=O)=CC2=C=O. The van der Waals surface area contributed by atoms with Crippen LogP contribution in [0.3, 0.4) is 0 Å². The number of halogens is 1. The number of anilines is 1. The van der Waals surface area contributed by atoms with E-state index in [9.17, 15) is 14.0 Å². The third kappa shape index (κ3) is 1.69. The van der Waals surface area contributed by atoms with Gasteiger partial charge in [0.1, 0.15) is 11.8 Å². The summed E-state index contributed by atoms with van der Waals surface area (Å²) in [5, 5.41) is 0. The molecule has 0 N–H and O–H groups in total. The second-order valence-corrected chi connectivity index (χ2v) is 3.88. The Kier molecular flexibility index (Phi) is 2.66. The molecule has 0 radical (unpaired) electrons. The summed E-state index contributed by atoms with van der Waals surface area (Å²) >= 11 is 0. The first-order valence-electron chi connectivity index (χ1n) is 5.04. The Labute approximate surface area is 97.8 Å². The van der Waals surface area contributed by atoms with E-state index >= 15 is 0 Å². The minimum absolute atomic E-state index is 0.197. The molecule has 3 nitrogen and oxygen atoms in total. The van der Waals surface area contributed by atoms with Crippen molar-refractivity contribution in [1.29, 1.82) is 0 Å². The summed E-state index contributed by atoms with van der Waals surface area (Å²) in [5.41, 5.74) is 2.34. The number of benzene rings is 1. The lowest BCUT2D eigenvalue weighted by atomic mass is 9.96. The molecule has 1 aromatic rings. The van der Waals surface area contributed by atoms with Gasteiger partial charge < -0.3 is 4.90 Å². The average Bonchev–Trinajstić information content (AvgIpc) is 2.28. The van der Waals surface area contributed by atoms with Crippen molar-refractivity contribution >= 4 is 23.5 Å². The second kappa shape index (κ2) is 4.00. The van der Waals surface area contributed by atoms with Crippen LogP contribution in [-0.4, -0.2) is 19.3 Å². The molecule has 0 saturated carbocycles. The highest BCUT2D eigenvalue weighted by molar-refractivity contribution is 6.04. The van der Waals surface area contributed by atoms with Crippen molar-refractivity contribution in [2.45, 2.75) is 6.92 Å². The van der Waals surface area contributed by atoms with E-state index in [4.69, 9.17) is 0 Å². The van der Waals surface area contributed by atoms with E-state index in [1.165, 1.54) is 18.2 Å². The Morgan fingerprint density at radius 2 is 2.12 bits per heavy atom. The summed E-state index contributed by atoms with van der Waals surface area (Å²) in [5.74, 6) is 1.33. The van der Waals surface area contributed by atoms with Crippen LogP contribution in [0, 0.1) is 12.7 Å². The minimum Gasteiger partial charge on any atom is -0.341 e. The highest BCUT2D eigenvalue weighted by Crippen LogP contribution is 2.36. The Balaban J connectivity index is 2.79. The Hall–Kier alpha value is -2.19. The first-order chi connectivity index (χ1) is 8.08. The lowest BCUT2D eigenvalue weighted by molar-refractivity contribution is -0.104. The van der Waals surface area contributed by atoms with Crippen molar-refractivity contribution in [3.8, 4) is 0 Å². The van der Waals surface area contributed by atoms with Crippen molar-refractivity contribution in [1.82, 2.24) is 0 Å². The van der Waals surface area contributed by atoms with Crippen molar-refractivity contribution < 1.29 is 14.0 Å². The maximum atomic E-state index is 13.3. The topological polar surface area (TPSA) is 37.4 Å². The Bertz CT molecular complexity index is 583. The zero-order valence-electron chi connectivity index (χ0n) is 9.45. The molecule has 17 heavy (non-hydrogen) atoms. The first-order valence-corrected chi connectivity index (χ1v) is 5.04. The molecule has 1 aliphatic rings. The van der Waals surface area contributed by atoms with Crippen LogP contribution in [0.25, 0.3) is 5.57 Å². The highest BCUT2D eigenvalue weighted by atomic mass is 19.1. The second-order valence-electron chi connectivity index (χ2n) is 3.88. The molecular weight excluding hydrogens is 221 g/mol. The quantitative estimate of drug-likeness (QED) is 0.547. The van der Waals surface area contributed by atoms with Crippen LogP contribution in [0.1, 0.15) is 11.1 Å². The van der Waals surface area contributed by atoms with Crippen LogP contribution in [0.4, 0.5) is 10.1 Å². The molecule has 0 bridgehead atoms. The van der Waals surface area contributed by atoms with E-state index < -0.39 is 5.82 Å². The summed E-state index contributed by atoms with van der Waals surface area (Å²) in [6, 6.07) is 2.64. The van der Waals surface area contributed by atoms with Gasteiger partial charge in [0.15, 0.2) is 6.29 Å². The molecule has 0 saturated heterocycles. The number of nitrogens with zero attached hydrogens (tertiary/aromatic N) is 1. The predicted octanol–water partition coefficient (Wildman–Crippen LogP) is 1.88.